The Morgan fingerprint density at radius 2 is 2.04 bits per heavy atom. The number of rotatable bonds is 8. The van der Waals surface area contributed by atoms with Gasteiger partial charge in [-0.1, -0.05) is 5.16 Å². The number of carbonyl (C=O) groups excluding carboxylic acids is 2. The molecule has 24 heavy (non-hydrogen) atoms. The number of nitrogens with zero attached hydrogens (tertiary/aromatic N) is 1. The number of nitrogens with two attached hydrogens (primary N) is 1. The lowest BCUT2D eigenvalue weighted by atomic mass is 10.1. The summed E-state index contributed by atoms with van der Waals surface area (Å²) in [7, 11) is 3.09. The fourth-order valence-corrected chi connectivity index (χ4v) is 2.07. The molecule has 2 rings (SSSR count). The third-order valence-corrected chi connectivity index (χ3v) is 3.30. The van der Waals surface area contributed by atoms with E-state index in [-0.39, 0.29) is 12.1 Å². The van der Waals surface area contributed by atoms with E-state index in [1.54, 1.807) is 25.3 Å². The Morgan fingerprint density at radius 3 is 2.71 bits per heavy atom. The predicted octanol–water partition coefficient (Wildman–Crippen LogP) is 1.35. The minimum Gasteiger partial charge on any atom is -0.497 e. The molecule has 0 saturated carbocycles. The van der Waals surface area contributed by atoms with Crippen LogP contribution in [0.25, 0.3) is 11.3 Å². The fourth-order valence-electron chi connectivity index (χ4n) is 2.07. The SMILES string of the molecule is COc1ccc(OC)c(-c2cc(C(=O)NCCCC(N)=O)no2)c1. The minimum atomic E-state index is -0.405. The second kappa shape index (κ2) is 8.00. The Bertz CT molecular complexity index is 726. The average Bonchev–Trinajstić information content (AvgIpc) is 3.07. The van der Waals surface area contributed by atoms with Crippen molar-refractivity contribution in [2.45, 2.75) is 12.8 Å². The molecule has 128 valence electrons. The zero-order valence-corrected chi connectivity index (χ0v) is 13.5. The first-order valence-corrected chi connectivity index (χ1v) is 7.30. The molecule has 8 nitrogen and oxygen atoms in total. The van der Waals surface area contributed by atoms with Gasteiger partial charge < -0.3 is 25.0 Å². The number of primary amides is 1. The van der Waals surface area contributed by atoms with Gasteiger partial charge >= 0.3 is 0 Å². The highest BCUT2D eigenvalue weighted by molar-refractivity contribution is 5.93. The van der Waals surface area contributed by atoms with Crippen molar-refractivity contribution in [1.82, 2.24) is 10.5 Å². The first-order valence-electron chi connectivity index (χ1n) is 7.30. The normalized spacial score (nSPS) is 10.2. The number of aromatic nitrogens is 1. The Kier molecular flexibility index (Phi) is 5.78. The maximum absolute atomic E-state index is 12.0. The van der Waals surface area contributed by atoms with E-state index in [2.05, 4.69) is 10.5 Å². The van der Waals surface area contributed by atoms with Crippen LogP contribution >= 0.6 is 0 Å². The number of carbonyl (C=O) groups is 2. The van der Waals surface area contributed by atoms with Gasteiger partial charge in [-0.15, -0.1) is 0 Å². The van der Waals surface area contributed by atoms with Crippen LogP contribution in [0.5, 0.6) is 11.5 Å². The Hall–Kier alpha value is -3.03. The molecule has 0 fully saturated rings. The highest BCUT2D eigenvalue weighted by Gasteiger charge is 2.17. The highest BCUT2D eigenvalue weighted by atomic mass is 16.5. The molecular weight excluding hydrogens is 314 g/mol. The molecule has 0 radical (unpaired) electrons. The lowest BCUT2D eigenvalue weighted by molar-refractivity contribution is -0.118. The topological polar surface area (TPSA) is 117 Å². The smallest absolute Gasteiger partial charge is 0.273 e. The van der Waals surface area contributed by atoms with E-state index >= 15 is 0 Å². The molecule has 1 aromatic carbocycles. The summed E-state index contributed by atoms with van der Waals surface area (Å²) in [6, 6.07) is 6.74. The van der Waals surface area contributed by atoms with Crippen molar-refractivity contribution in [2.75, 3.05) is 20.8 Å². The van der Waals surface area contributed by atoms with Gasteiger partial charge in [0.15, 0.2) is 11.5 Å². The molecule has 8 heteroatoms. The summed E-state index contributed by atoms with van der Waals surface area (Å²) in [6.07, 6.45) is 0.681. The van der Waals surface area contributed by atoms with Crippen molar-refractivity contribution in [3.63, 3.8) is 0 Å². The van der Waals surface area contributed by atoms with Gasteiger partial charge in [-0.25, -0.2) is 0 Å². The van der Waals surface area contributed by atoms with Gasteiger partial charge in [0.25, 0.3) is 5.91 Å². The van der Waals surface area contributed by atoms with Crippen LogP contribution < -0.4 is 20.5 Å². The molecular formula is C16H19N3O5. The van der Waals surface area contributed by atoms with Gasteiger partial charge in [0, 0.05) is 19.0 Å². The second-order valence-corrected chi connectivity index (χ2v) is 4.97. The lowest BCUT2D eigenvalue weighted by Crippen LogP contribution is -2.25. The molecule has 0 aliphatic carbocycles. The molecule has 3 N–H and O–H groups in total. The van der Waals surface area contributed by atoms with Gasteiger partial charge in [-0.3, -0.25) is 9.59 Å². The van der Waals surface area contributed by atoms with Crippen LogP contribution in [0.1, 0.15) is 23.3 Å². The molecule has 0 unspecified atom stereocenters. The number of amides is 2. The van der Waals surface area contributed by atoms with E-state index in [4.69, 9.17) is 19.7 Å². The molecule has 0 saturated heterocycles. The summed E-state index contributed by atoms with van der Waals surface area (Å²) >= 11 is 0. The van der Waals surface area contributed by atoms with Gasteiger partial charge in [-0.05, 0) is 24.6 Å². The van der Waals surface area contributed by atoms with Crippen LogP contribution in [-0.2, 0) is 4.79 Å². The second-order valence-electron chi connectivity index (χ2n) is 4.97. The number of hydrogen-bond donors (Lipinski definition) is 2. The van der Waals surface area contributed by atoms with Crippen molar-refractivity contribution in [1.29, 1.82) is 0 Å². The summed E-state index contributed by atoms with van der Waals surface area (Å²) in [5.74, 6) is 0.780. The van der Waals surface area contributed by atoms with Crippen LogP contribution in [0.2, 0.25) is 0 Å². The minimum absolute atomic E-state index is 0.133. The Labute approximate surface area is 138 Å². The van der Waals surface area contributed by atoms with E-state index < -0.39 is 11.8 Å². The summed E-state index contributed by atoms with van der Waals surface area (Å²) in [5.41, 5.74) is 5.79. The molecule has 0 aliphatic rings. The summed E-state index contributed by atoms with van der Waals surface area (Å²) in [5, 5.41) is 6.41. The van der Waals surface area contributed by atoms with Crippen molar-refractivity contribution in [3.8, 4) is 22.8 Å². The number of nitrogens with one attached hydrogen (secondary N) is 1. The summed E-state index contributed by atoms with van der Waals surface area (Å²) < 4.78 is 15.7. The Balaban J connectivity index is 2.10. The quantitative estimate of drug-likeness (QED) is 0.704. The molecule has 1 heterocycles. The monoisotopic (exact) mass is 333 g/mol. The Morgan fingerprint density at radius 1 is 1.25 bits per heavy atom. The van der Waals surface area contributed by atoms with Crippen LogP contribution in [0.4, 0.5) is 0 Å². The number of hydrogen-bond acceptors (Lipinski definition) is 6. The van der Waals surface area contributed by atoms with E-state index in [1.165, 1.54) is 13.2 Å². The third kappa shape index (κ3) is 4.25. The van der Waals surface area contributed by atoms with E-state index in [9.17, 15) is 9.59 Å². The van der Waals surface area contributed by atoms with E-state index in [0.717, 1.165) is 0 Å². The van der Waals surface area contributed by atoms with Crippen molar-refractivity contribution < 1.29 is 23.6 Å². The van der Waals surface area contributed by atoms with Crippen molar-refractivity contribution >= 4 is 11.8 Å². The first-order chi connectivity index (χ1) is 11.5. The van der Waals surface area contributed by atoms with Gasteiger partial charge in [-0.2, -0.15) is 0 Å². The van der Waals surface area contributed by atoms with Gasteiger partial charge in [0.1, 0.15) is 11.5 Å². The predicted molar refractivity (Wildman–Crippen MR) is 85.8 cm³/mol. The highest BCUT2D eigenvalue weighted by Crippen LogP contribution is 2.33. The molecule has 0 spiro atoms. The average molecular weight is 333 g/mol. The van der Waals surface area contributed by atoms with Crippen LogP contribution in [0.3, 0.4) is 0 Å². The fraction of sp³-hybridized carbons (Fsp3) is 0.312. The largest absolute Gasteiger partial charge is 0.497 e. The first kappa shape index (κ1) is 17.3. The standard InChI is InChI=1S/C16H19N3O5/c1-22-10-5-6-13(23-2)11(8-10)14-9-12(19-24-14)16(21)18-7-3-4-15(17)20/h5-6,8-9H,3-4,7H2,1-2H3,(H2,17,20)(H,18,21). The van der Waals surface area contributed by atoms with Crippen LogP contribution in [-0.4, -0.2) is 37.7 Å². The van der Waals surface area contributed by atoms with Crippen LogP contribution in [0.15, 0.2) is 28.8 Å². The van der Waals surface area contributed by atoms with Crippen molar-refractivity contribution in [3.05, 3.63) is 30.0 Å². The summed E-state index contributed by atoms with van der Waals surface area (Å²) in [4.78, 5) is 22.7. The van der Waals surface area contributed by atoms with Gasteiger partial charge in [0.2, 0.25) is 5.91 Å². The molecule has 2 aromatic rings. The zero-order chi connectivity index (χ0) is 17.5. The van der Waals surface area contributed by atoms with E-state index in [0.29, 0.717) is 35.8 Å². The molecule has 0 aliphatic heterocycles. The van der Waals surface area contributed by atoms with Gasteiger partial charge in [0.05, 0.1) is 19.8 Å². The lowest BCUT2D eigenvalue weighted by Gasteiger charge is -2.07. The molecule has 0 atom stereocenters. The van der Waals surface area contributed by atoms with Crippen LogP contribution in [0, 0.1) is 0 Å². The molecule has 0 bridgehead atoms. The maximum atomic E-state index is 12.0. The molecule has 2 amide bonds. The molecule has 1 aromatic heterocycles. The number of benzene rings is 1. The number of ether oxygens (including phenoxy) is 2. The third-order valence-electron chi connectivity index (χ3n) is 3.30. The summed E-state index contributed by atoms with van der Waals surface area (Å²) in [6.45, 7) is 0.326. The zero-order valence-electron chi connectivity index (χ0n) is 13.5. The van der Waals surface area contributed by atoms with E-state index in [1.807, 2.05) is 0 Å². The number of methoxy groups -OCH3 is 2. The maximum Gasteiger partial charge on any atom is 0.273 e. The van der Waals surface area contributed by atoms with Crippen molar-refractivity contribution in [2.24, 2.45) is 5.73 Å².